The molecule has 5 rings (SSSR count). The molecule has 22 heteroatoms. The fourth-order valence-electron chi connectivity index (χ4n) is 4.83. The fraction of sp³-hybridized carbons (Fsp3) is 0.481. The van der Waals surface area contributed by atoms with Crippen LogP contribution in [0.3, 0.4) is 0 Å². The Bertz CT molecular complexity index is 1490. The molecule has 0 amide bonds. The number of alkyl halides is 9. The molecular formula is C27H30F9N7O6. The maximum absolute atomic E-state index is 10.6. The summed E-state index contributed by atoms with van der Waals surface area (Å²) in [5.41, 5.74) is 3.66. The average Bonchev–Trinajstić information content (AvgIpc) is 3.63. The van der Waals surface area contributed by atoms with Crippen molar-refractivity contribution in [2.75, 3.05) is 26.7 Å². The molecular weight excluding hydrogens is 689 g/mol. The summed E-state index contributed by atoms with van der Waals surface area (Å²) in [4.78, 5) is 40.9. The van der Waals surface area contributed by atoms with Crippen molar-refractivity contribution < 1.29 is 69.2 Å². The molecule has 2 aliphatic rings. The molecule has 13 nitrogen and oxygen atoms in total. The number of hydrogen-bond acceptors (Lipinski definition) is 8. The van der Waals surface area contributed by atoms with Gasteiger partial charge in [0.15, 0.2) is 0 Å². The molecule has 5 heterocycles. The van der Waals surface area contributed by atoms with Gasteiger partial charge in [-0.25, -0.2) is 19.4 Å². The van der Waals surface area contributed by atoms with Crippen LogP contribution in [-0.4, -0.2) is 113 Å². The molecule has 0 atom stereocenters. The zero-order valence-electron chi connectivity index (χ0n) is 25.6. The van der Waals surface area contributed by atoms with Gasteiger partial charge in [0.25, 0.3) is 0 Å². The SMILES string of the molecule is CN1CCn2c(-c3cnn(C)c3)cnc2C12CCN(Cc1cccnc1)CC2.O=C(O)C(F)(F)F.O=C(O)C(F)(F)F.O=C(O)C(F)(F)F. The summed E-state index contributed by atoms with van der Waals surface area (Å²) in [7, 11) is 4.23. The first-order valence-corrected chi connectivity index (χ1v) is 13.8. The number of halogens is 9. The number of likely N-dealkylation sites (N-methyl/N-ethyl adjacent to an activating group) is 1. The van der Waals surface area contributed by atoms with E-state index < -0.39 is 36.4 Å². The van der Waals surface area contributed by atoms with Crippen LogP contribution >= 0.6 is 0 Å². The molecule has 3 N–H and O–H groups in total. The number of fused-ring (bicyclic) bond motifs is 2. The van der Waals surface area contributed by atoms with E-state index in [1.54, 1.807) is 0 Å². The number of carboxylic acid groups (broad SMARTS) is 3. The van der Waals surface area contributed by atoms with Crippen molar-refractivity contribution in [3.63, 3.8) is 0 Å². The van der Waals surface area contributed by atoms with E-state index in [1.165, 1.54) is 17.1 Å². The second kappa shape index (κ2) is 16.1. The van der Waals surface area contributed by atoms with E-state index in [0.717, 1.165) is 51.1 Å². The summed E-state index contributed by atoms with van der Waals surface area (Å²) in [6, 6.07) is 4.18. The van der Waals surface area contributed by atoms with Crippen molar-refractivity contribution in [2.45, 2.75) is 50.0 Å². The molecule has 0 unspecified atom stereocenters. The first-order valence-electron chi connectivity index (χ1n) is 13.8. The van der Waals surface area contributed by atoms with E-state index in [-0.39, 0.29) is 5.54 Å². The van der Waals surface area contributed by atoms with E-state index in [2.05, 4.69) is 43.8 Å². The Morgan fingerprint density at radius 1 is 0.796 bits per heavy atom. The highest BCUT2D eigenvalue weighted by molar-refractivity contribution is 5.73. The van der Waals surface area contributed by atoms with E-state index in [0.29, 0.717) is 0 Å². The van der Waals surface area contributed by atoms with Gasteiger partial charge in [0.1, 0.15) is 5.82 Å². The second-order valence-electron chi connectivity index (χ2n) is 10.5. The summed E-state index contributed by atoms with van der Waals surface area (Å²) < 4.78 is 99.5. The van der Waals surface area contributed by atoms with E-state index in [9.17, 15) is 39.5 Å². The van der Waals surface area contributed by atoms with Gasteiger partial charge >= 0.3 is 36.4 Å². The molecule has 1 saturated heterocycles. The van der Waals surface area contributed by atoms with Gasteiger partial charge in [0, 0.05) is 63.9 Å². The number of hydrogen-bond donors (Lipinski definition) is 3. The van der Waals surface area contributed by atoms with Gasteiger partial charge in [0.05, 0.1) is 23.6 Å². The van der Waals surface area contributed by atoms with Crippen LogP contribution < -0.4 is 0 Å². The highest BCUT2D eigenvalue weighted by Crippen LogP contribution is 2.41. The Morgan fingerprint density at radius 2 is 1.31 bits per heavy atom. The number of likely N-dealkylation sites (tertiary alicyclic amines) is 1. The van der Waals surface area contributed by atoms with Gasteiger partial charge in [-0.05, 0) is 31.5 Å². The predicted octanol–water partition coefficient (Wildman–Crippen LogP) is 4.02. The monoisotopic (exact) mass is 719 g/mol. The molecule has 0 bridgehead atoms. The Morgan fingerprint density at radius 3 is 1.71 bits per heavy atom. The molecule has 0 aliphatic carbocycles. The molecule has 49 heavy (non-hydrogen) atoms. The van der Waals surface area contributed by atoms with Gasteiger partial charge in [-0.2, -0.15) is 44.6 Å². The van der Waals surface area contributed by atoms with Gasteiger partial charge in [-0.15, -0.1) is 0 Å². The Kier molecular flexibility index (Phi) is 13.3. The van der Waals surface area contributed by atoms with Gasteiger partial charge in [0.2, 0.25) is 0 Å². The maximum Gasteiger partial charge on any atom is 0.490 e. The van der Waals surface area contributed by atoms with Crippen molar-refractivity contribution in [1.82, 2.24) is 34.1 Å². The quantitative estimate of drug-likeness (QED) is 0.335. The van der Waals surface area contributed by atoms with Crippen molar-refractivity contribution in [3.8, 4) is 11.3 Å². The molecule has 0 radical (unpaired) electrons. The normalized spacial score (nSPS) is 16.1. The minimum atomic E-state index is -5.08. The van der Waals surface area contributed by atoms with Crippen LogP contribution in [0, 0.1) is 0 Å². The number of aliphatic carboxylic acids is 3. The Balaban J connectivity index is 0.000000325. The summed E-state index contributed by atoms with van der Waals surface area (Å²) in [6.07, 6.45) is -3.18. The molecule has 1 spiro atoms. The van der Waals surface area contributed by atoms with E-state index in [1.807, 2.05) is 42.6 Å². The van der Waals surface area contributed by atoms with Crippen LogP contribution in [0.15, 0.2) is 43.1 Å². The summed E-state index contributed by atoms with van der Waals surface area (Å²) in [5.74, 6) is -7.05. The van der Waals surface area contributed by atoms with Crippen molar-refractivity contribution in [2.24, 2.45) is 7.05 Å². The third-order valence-corrected chi connectivity index (χ3v) is 7.20. The van der Waals surface area contributed by atoms with E-state index in [4.69, 9.17) is 34.7 Å². The molecule has 272 valence electrons. The van der Waals surface area contributed by atoms with Crippen LogP contribution in [-0.2, 0) is 40.1 Å². The number of carbonyl (C=O) groups is 3. The molecule has 3 aromatic rings. The minimum absolute atomic E-state index is 0.0319. The maximum atomic E-state index is 10.6. The second-order valence-corrected chi connectivity index (χ2v) is 10.5. The van der Waals surface area contributed by atoms with Crippen LogP contribution in [0.1, 0.15) is 24.2 Å². The number of piperidine rings is 1. The number of aryl methyl sites for hydroxylation is 1. The number of carboxylic acids is 3. The zero-order chi connectivity index (χ0) is 37.4. The number of rotatable bonds is 3. The first-order chi connectivity index (χ1) is 22.5. The highest BCUT2D eigenvalue weighted by atomic mass is 19.4. The highest BCUT2D eigenvalue weighted by Gasteiger charge is 2.46. The van der Waals surface area contributed by atoms with Gasteiger partial charge < -0.3 is 19.9 Å². The summed E-state index contributed by atoms with van der Waals surface area (Å²) >= 11 is 0. The summed E-state index contributed by atoms with van der Waals surface area (Å²) in [5, 5.41) is 25.7. The van der Waals surface area contributed by atoms with Gasteiger partial charge in [-0.1, -0.05) is 6.07 Å². The fourth-order valence-corrected chi connectivity index (χ4v) is 4.83. The lowest BCUT2D eigenvalue weighted by Crippen LogP contribution is -2.56. The Hall–Kier alpha value is -4.73. The number of imidazole rings is 1. The van der Waals surface area contributed by atoms with Crippen LogP contribution in [0.2, 0.25) is 0 Å². The van der Waals surface area contributed by atoms with Crippen molar-refractivity contribution in [1.29, 1.82) is 0 Å². The minimum Gasteiger partial charge on any atom is -0.475 e. The van der Waals surface area contributed by atoms with Crippen LogP contribution in [0.5, 0.6) is 0 Å². The lowest BCUT2D eigenvalue weighted by atomic mass is 9.83. The molecule has 0 aromatic carbocycles. The third-order valence-electron chi connectivity index (χ3n) is 7.20. The van der Waals surface area contributed by atoms with Crippen LogP contribution in [0.4, 0.5) is 39.5 Å². The predicted molar refractivity (Wildman–Crippen MR) is 149 cm³/mol. The standard InChI is InChI=1S/C21H27N7.3C2HF3O2/c1-25-10-11-28-19(18-13-24-26(2)16-18)14-23-20(28)21(25)5-8-27(9-6-21)15-17-4-3-7-22-12-17;3*3-2(4,5)1(6)7/h3-4,7,12-14,16H,5-6,8-11,15H2,1-2H3;3*(H,6,7). The molecule has 3 aromatic heterocycles. The Labute approximate surface area is 271 Å². The largest absolute Gasteiger partial charge is 0.490 e. The van der Waals surface area contributed by atoms with E-state index >= 15 is 0 Å². The topological polar surface area (TPSA) is 167 Å². The lowest BCUT2D eigenvalue weighted by Gasteiger charge is -2.49. The average molecular weight is 720 g/mol. The molecule has 0 saturated carbocycles. The zero-order valence-corrected chi connectivity index (χ0v) is 25.6. The van der Waals surface area contributed by atoms with Crippen LogP contribution in [0.25, 0.3) is 11.3 Å². The number of aromatic nitrogens is 5. The van der Waals surface area contributed by atoms with Gasteiger partial charge in [-0.3, -0.25) is 19.5 Å². The number of nitrogens with zero attached hydrogens (tertiary/aromatic N) is 7. The third kappa shape index (κ3) is 11.4. The first kappa shape index (κ1) is 40.4. The number of pyridine rings is 1. The smallest absolute Gasteiger partial charge is 0.475 e. The molecule has 1 fully saturated rings. The van der Waals surface area contributed by atoms with Crippen molar-refractivity contribution in [3.05, 3.63) is 54.5 Å². The van der Waals surface area contributed by atoms with Crippen molar-refractivity contribution >= 4 is 17.9 Å². The molecule has 2 aliphatic heterocycles. The lowest BCUT2D eigenvalue weighted by molar-refractivity contribution is -0.193. The summed E-state index contributed by atoms with van der Waals surface area (Å²) in [6.45, 7) is 5.17.